The molecule has 0 amide bonds. The Balaban J connectivity index is 3.43. The van der Waals surface area contributed by atoms with Gasteiger partial charge in [-0.05, 0) is 11.6 Å². The number of ether oxygens (including phenoxy) is 1. The van der Waals surface area contributed by atoms with Crippen LogP contribution in [0, 0.1) is 11.3 Å². The number of hydrogen-bond acceptors (Lipinski definition) is 3. The highest BCUT2D eigenvalue weighted by atomic mass is 79.9. The van der Waals surface area contributed by atoms with Crippen LogP contribution in [-0.2, 0) is 17.9 Å². The first kappa shape index (κ1) is 16.6. The Hall–Kier alpha value is -1.50. The molecule has 0 saturated carbocycles. The molecule has 110 valence electrons. The zero-order valence-electron chi connectivity index (χ0n) is 9.44. The molecule has 1 heterocycles. The van der Waals surface area contributed by atoms with Gasteiger partial charge in [-0.1, -0.05) is 15.9 Å². The molecule has 0 bridgehead atoms. The molecule has 0 saturated heterocycles. The van der Waals surface area contributed by atoms with Gasteiger partial charge < -0.3 is 4.74 Å². The third-order valence-corrected chi connectivity index (χ3v) is 2.64. The molecule has 0 radical (unpaired) electrons. The lowest BCUT2D eigenvalue weighted by Gasteiger charge is -2.16. The van der Waals surface area contributed by atoms with E-state index >= 15 is 0 Å². The van der Waals surface area contributed by atoms with Gasteiger partial charge in [-0.25, -0.2) is 4.98 Å². The van der Waals surface area contributed by atoms with Gasteiger partial charge in [0.2, 0.25) is 5.88 Å². The fourth-order valence-electron chi connectivity index (χ4n) is 1.34. The van der Waals surface area contributed by atoms with Crippen LogP contribution in [0.25, 0.3) is 0 Å². The summed E-state index contributed by atoms with van der Waals surface area (Å²) < 4.78 is 77.9. The smallest absolute Gasteiger partial charge is 0.388 e. The Morgan fingerprint density at radius 3 is 2.20 bits per heavy atom. The van der Waals surface area contributed by atoms with Gasteiger partial charge in [0.25, 0.3) is 0 Å². The second-order valence-corrected chi connectivity index (χ2v) is 4.04. The molecule has 10 heteroatoms. The summed E-state index contributed by atoms with van der Waals surface area (Å²) in [6.45, 7) is 0. The van der Waals surface area contributed by atoms with E-state index in [9.17, 15) is 26.3 Å². The van der Waals surface area contributed by atoms with E-state index in [2.05, 4.69) is 25.7 Å². The molecule has 1 rings (SSSR count). The normalized spacial score (nSPS) is 12.1. The van der Waals surface area contributed by atoms with Crippen LogP contribution in [0.4, 0.5) is 26.3 Å². The number of hydrogen-bond donors (Lipinski definition) is 0. The maximum absolute atomic E-state index is 12.7. The molecule has 0 aliphatic rings. The molecule has 1 aromatic heterocycles. The number of aromatic nitrogens is 1. The number of pyridine rings is 1. The fraction of sp³-hybridized carbons (Fsp3) is 0.400. The minimum Gasteiger partial charge on any atom is -0.388 e. The summed E-state index contributed by atoms with van der Waals surface area (Å²) in [5.74, 6) is -1.27. The van der Waals surface area contributed by atoms with Crippen LogP contribution >= 0.6 is 15.9 Å². The van der Waals surface area contributed by atoms with Crippen LogP contribution in [0.3, 0.4) is 0 Å². The van der Waals surface area contributed by atoms with Crippen LogP contribution in [0.15, 0.2) is 6.07 Å². The average Bonchev–Trinajstić information content (AvgIpc) is 2.27. The molecule has 20 heavy (non-hydrogen) atoms. The molecule has 3 nitrogen and oxygen atoms in total. The maximum Gasteiger partial charge on any atom is 0.574 e. The molecule has 0 atom stereocenters. The number of halogens is 7. The van der Waals surface area contributed by atoms with Gasteiger partial charge in [-0.2, -0.15) is 18.4 Å². The third kappa shape index (κ3) is 4.26. The van der Waals surface area contributed by atoms with Crippen molar-refractivity contribution in [2.45, 2.75) is 24.3 Å². The summed E-state index contributed by atoms with van der Waals surface area (Å²) in [6.07, 6.45) is -10.7. The van der Waals surface area contributed by atoms with Gasteiger partial charge in [0.05, 0.1) is 12.5 Å². The van der Waals surface area contributed by atoms with Crippen molar-refractivity contribution in [3.63, 3.8) is 0 Å². The van der Waals surface area contributed by atoms with Crippen molar-refractivity contribution in [3.05, 3.63) is 22.9 Å². The fourth-order valence-corrected chi connectivity index (χ4v) is 1.77. The molecule has 0 aromatic carbocycles. The topological polar surface area (TPSA) is 45.9 Å². The molecule has 0 unspecified atom stereocenters. The minimum absolute atomic E-state index is 0.278. The quantitative estimate of drug-likeness (QED) is 0.603. The van der Waals surface area contributed by atoms with E-state index < -0.39 is 30.5 Å². The highest BCUT2D eigenvalue weighted by molar-refractivity contribution is 9.08. The highest BCUT2D eigenvalue weighted by Crippen LogP contribution is 2.35. The van der Waals surface area contributed by atoms with E-state index in [0.717, 1.165) is 6.07 Å². The third-order valence-electron chi connectivity index (χ3n) is 2.04. The lowest BCUT2D eigenvalue weighted by Crippen LogP contribution is -2.21. The average molecular weight is 363 g/mol. The summed E-state index contributed by atoms with van der Waals surface area (Å²) >= 11 is 2.79. The Kier molecular flexibility index (Phi) is 4.86. The van der Waals surface area contributed by atoms with Crippen molar-refractivity contribution >= 4 is 15.9 Å². The largest absolute Gasteiger partial charge is 0.574 e. The maximum atomic E-state index is 12.7. The molecule has 1 aromatic rings. The monoisotopic (exact) mass is 362 g/mol. The van der Waals surface area contributed by atoms with Gasteiger partial charge in [-0.3, -0.25) is 0 Å². The van der Waals surface area contributed by atoms with Gasteiger partial charge in [0.1, 0.15) is 0 Å². The van der Waals surface area contributed by atoms with Crippen LogP contribution in [0.1, 0.15) is 16.8 Å². The van der Waals surface area contributed by atoms with E-state index in [4.69, 9.17) is 5.26 Å². The number of nitriles is 1. The predicted octanol–water partition coefficient (Wildman–Crippen LogP) is 3.96. The lowest BCUT2D eigenvalue weighted by molar-refractivity contribution is -0.276. The molecule has 0 aliphatic carbocycles. The minimum atomic E-state index is -5.20. The second kappa shape index (κ2) is 5.87. The van der Waals surface area contributed by atoms with Gasteiger partial charge in [-0.15, -0.1) is 13.2 Å². The predicted molar refractivity (Wildman–Crippen MR) is 57.9 cm³/mol. The van der Waals surface area contributed by atoms with Crippen LogP contribution in [0.5, 0.6) is 5.88 Å². The van der Waals surface area contributed by atoms with E-state index in [1.54, 1.807) is 0 Å². The lowest BCUT2D eigenvalue weighted by atomic mass is 10.1. The van der Waals surface area contributed by atoms with Crippen molar-refractivity contribution in [1.29, 1.82) is 5.26 Å². The SMILES string of the molecule is N#CCc1cc(CBr)c(C(F)(F)F)nc1OC(F)(F)F. The van der Waals surface area contributed by atoms with E-state index in [1.165, 1.54) is 6.07 Å². The van der Waals surface area contributed by atoms with Crippen molar-refractivity contribution in [3.8, 4) is 11.9 Å². The first-order chi connectivity index (χ1) is 9.08. The number of rotatable bonds is 3. The first-order valence-electron chi connectivity index (χ1n) is 4.87. The van der Waals surface area contributed by atoms with Crippen LogP contribution < -0.4 is 4.74 Å². The summed E-state index contributed by atoms with van der Waals surface area (Å²) in [7, 11) is 0. The van der Waals surface area contributed by atoms with Crippen molar-refractivity contribution in [1.82, 2.24) is 4.98 Å². The Morgan fingerprint density at radius 2 is 1.80 bits per heavy atom. The Morgan fingerprint density at radius 1 is 1.20 bits per heavy atom. The zero-order valence-corrected chi connectivity index (χ0v) is 11.0. The molecule has 0 N–H and O–H groups in total. The van der Waals surface area contributed by atoms with Crippen molar-refractivity contribution in [2.75, 3.05) is 0 Å². The molecular weight excluding hydrogens is 358 g/mol. The van der Waals surface area contributed by atoms with Crippen molar-refractivity contribution < 1.29 is 31.1 Å². The van der Waals surface area contributed by atoms with E-state index in [1.807, 2.05) is 0 Å². The number of alkyl halides is 7. The molecule has 0 fully saturated rings. The zero-order chi connectivity index (χ0) is 15.6. The van der Waals surface area contributed by atoms with Crippen LogP contribution in [-0.4, -0.2) is 11.3 Å². The molecule has 0 aliphatic heterocycles. The van der Waals surface area contributed by atoms with Gasteiger partial charge >= 0.3 is 12.5 Å². The summed E-state index contributed by atoms with van der Waals surface area (Å²) in [6, 6.07) is 2.35. The Bertz CT molecular complexity index is 534. The standard InChI is InChI=1S/C10H5BrF6N2O/c11-4-6-3-5(1-2-18)8(20-10(15,16)17)19-7(6)9(12,13)14/h3H,1,4H2. The second-order valence-electron chi connectivity index (χ2n) is 3.47. The van der Waals surface area contributed by atoms with E-state index in [0.29, 0.717) is 0 Å². The summed E-state index contributed by atoms with van der Waals surface area (Å²) in [4.78, 5) is 2.87. The van der Waals surface area contributed by atoms with Gasteiger partial charge in [0, 0.05) is 10.9 Å². The summed E-state index contributed by atoms with van der Waals surface area (Å²) in [5.41, 5.74) is -2.24. The summed E-state index contributed by atoms with van der Waals surface area (Å²) in [5, 5.41) is 8.21. The van der Waals surface area contributed by atoms with Crippen LogP contribution in [0.2, 0.25) is 0 Å². The van der Waals surface area contributed by atoms with Gasteiger partial charge in [0.15, 0.2) is 5.69 Å². The first-order valence-corrected chi connectivity index (χ1v) is 5.99. The molecular formula is C10H5BrF6N2O. The Labute approximate surface area is 117 Å². The van der Waals surface area contributed by atoms with E-state index in [-0.39, 0.29) is 16.5 Å². The van der Waals surface area contributed by atoms with Crippen molar-refractivity contribution in [2.24, 2.45) is 0 Å². The highest BCUT2D eigenvalue weighted by Gasteiger charge is 2.39. The number of nitrogens with zero attached hydrogens (tertiary/aromatic N) is 2. The molecule has 0 spiro atoms.